The van der Waals surface area contributed by atoms with E-state index in [4.69, 9.17) is 5.26 Å². The Morgan fingerprint density at radius 2 is 1.90 bits per heavy atom. The van der Waals surface area contributed by atoms with E-state index < -0.39 is 0 Å². The molecule has 1 aromatic carbocycles. The van der Waals surface area contributed by atoms with Gasteiger partial charge in [0, 0.05) is 11.7 Å². The van der Waals surface area contributed by atoms with Gasteiger partial charge in [0.25, 0.3) is 0 Å². The summed E-state index contributed by atoms with van der Waals surface area (Å²) in [7, 11) is 0. The number of carbonyl (C=O) groups is 1. The minimum absolute atomic E-state index is 0.0489. The van der Waals surface area contributed by atoms with E-state index in [-0.39, 0.29) is 5.91 Å². The summed E-state index contributed by atoms with van der Waals surface area (Å²) >= 11 is 0. The van der Waals surface area contributed by atoms with E-state index in [1.54, 1.807) is 24.3 Å². The molecule has 0 radical (unpaired) electrons. The smallest absolute Gasteiger partial charge is 0.238 e. The van der Waals surface area contributed by atoms with Crippen molar-refractivity contribution in [3.05, 3.63) is 29.8 Å². The Morgan fingerprint density at radius 3 is 2.62 bits per heavy atom. The Hall–Kier alpha value is -1.86. The number of nitrogens with zero attached hydrogens (tertiary/aromatic N) is 1. The van der Waals surface area contributed by atoms with Crippen LogP contribution in [0.5, 0.6) is 0 Å². The number of benzene rings is 1. The normalized spacial score (nSPS) is 16.5. The van der Waals surface area contributed by atoms with Crippen LogP contribution in [0, 0.1) is 11.3 Å². The third-order valence-corrected chi connectivity index (χ3v) is 3.93. The Bertz CT molecular complexity index is 499. The first-order valence-corrected chi connectivity index (χ1v) is 7.81. The number of nitrogens with one attached hydrogen (secondary N) is 2. The molecular weight excluding hydrogens is 262 g/mol. The zero-order valence-corrected chi connectivity index (χ0v) is 12.4. The van der Waals surface area contributed by atoms with Crippen LogP contribution in [0.3, 0.4) is 0 Å². The lowest BCUT2D eigenvalue weighted by Crippen LogP contribution is -2.36. The predicted octanol–water partition coefficient (Wildman–Crippen LogP) is 3.20. The fourth-order valence-electron chi connectivity index (χ4n) is 2.77. The van der Waals surface area contributed by atoms with Gasteiger partial charge < -0.3 is 10.6 Å². The molecule has 0 heterocycles. The zero-order valence-electron chi connectivity index (χ0n) is 12.4. The van der Waals surface area contributed by atoms with E-state index in [1.807, 2.05) is 0 Å². The quantitative estimate of drug-likeness (QED) is 0.893. The van der Waals surface area contributed by atoms with Crippen LogP contribution in [0.4, 0.5) is 5.69 Å². The number of nitriles is 1. The van der Waals surface area contributed by atoms with Gasteiger partial charge in [0.2, 0.25) is 5.91 Å². The third kappa shape index (κ3) is 5.57. The van der Waals surface area contributed by atoms with Crippen LogP contribution in [-0.4, -0.2) is 18.5 Å². The van der Waals surface area contributed by atoms with Crippen LogP contribution < -0.4 is 10.6 Å². The van der Waals surface area contributed by atoms with Gasteiger partial charge in [-0.3, -0.25) is 4.79 Å². The summed E-state index contributed by atoms with van der Waals surface area (Å²) in [6.45, 7) is 0.335. The first-order valence-electron chi connectivity index (χ1n) is 7.81. The van der Waals surface area contributed by atoms with E-state index >= 15 is 0 Å². The van der Waals surface area contributed by atoms with Crippen molar-refractivity contribution in [1.82, 2.24) is 5.32 Å². The van der Waals surface area contributed by atoms with Crippen LogP contribution >= 0.6 is 0 Å². The standard InChI is InChI=1S/C17H23N3O/c18-12-14-7-6-10-16(11-14)20-17(21)13-19-15-8-4-2-1-3-5-9-15/h6-7,10-11,15,19H,1-5,8-9,13H2,(H,20,21). The van der Waals surface area contributed by atoms with Gasteiger partial charge in [-0.25, -0.2) is 0 Å². The maximum atomic E-state index is 12.0. The van der Waals surface area contributed by atoms with Gasteiger partial charge in [0.1, 0.15) is 0 Å². The molecule has 21 heavy (non-hydrogen) atoms. The lowest BCUT2D eigenvalue weighted by Gasteiger charge is -2.20. The van der Waals surface area contributed by atoms with Gasteiger partial charge in [-0.05, 0) is 31.0 Å². The minimum Gasteiger partial charge on any atom is -0.325 e. The highest BCUT2D eigenvalue weighted by Gasteiger charge is 2.12. The average molecular weight is 285 g/mol. The van der Waals surface area contributed by atoms with Crippen LogP contribution in [0.1, 0.15) is 50.5 Å². The molecule has 0 aromatic heterocycles. The number of carbonyl (C=O) groups excluding carboxylic acids is 1. The largest absolute Gasteiger partial charge is 0.325 e. The first kappa shape index (κ1) is 15.5. The molecule has 0 saturated heterocycles. The van der Waals surface area contributed by atoms with Crippen molar-refractivity contribution < 1.29 is 4.79 Å². The van der Waals surface area contributed by atoms with Crippen LogP contribution in [0.15, 0.2) is 24.3 Å². The second-order valence-corrected chi connectivity index (χ2v) is 5.66. The van der Waals surface area contributed by atoms with E-state index in [0.717, 1.165) is 12.8 Å². The summed E-state index contributed by atoms with van der Waals surface area (Å²) in [6.07, 6.45) is 8.81. The van der Waals surface area contributed by atoms with Crippen molar-refractivity contribution in [1.29, 1.82) is 5.26 Å². The summed E-state index contributed by atoms with van der Waals surface area (Å²) in [6, 6.07) is 9.52. The summed E-state index contributed by atoms with van der Waals surface area (Å²) in [5, 5.41) is 15.0. The van der Waals surface area contributed by atoms with Gasteiger partial charge in [-0.2, -0.15) is 5.26 Å². The number of amides is 1. The number of hydrogen-bond acceptors (Lipinski definition) is 3. The zero-order chi connectivity index (χ0) is 14.9. The SMILES string of the molecule is N#Cc1cccc(NC(=O)CNC2CCCCCCC2)c1. The third-order valence-electron chi connectivity index (χ3n) is 3.93. The minimum atomic E-state index is -0.0489. The van der Waals surface area contributed by atoms with Gasteiger partial charge in [0.15, 0.2) is 0 Å². The van der Waals surface area contributed by atoms with E-state index in [0.29, 0.717) is 23.8 Å². The Labute approximate surface area is 126 Å². The number of hydrogen-bond donors (Lipinski definition) is 2. The Morgan fingerprint density at radius 1 is 1.19 bits per heavy atom. The molecule has 0 aliphatic heterocycles. The van der Waals surface area contributed by atoms with Crippen molar-refractivity contribution in [2.45, 2.75) is 51.0 Å². The summed E-state index contributed by atoms with van der Waals surface area (Å²) < 4.78 is 0. The molecule has 2 rings (SSSR count). The highest BCUT2D eigenvalue weighted by Crippen LogP contribution is 2.17. The van der Waals surface area contributed by atoms with Crippen molar-refractivity contribution >= 4 is 11.6 Å². The lowest BCUT2D eigenvalue weighted by molar-refractivity contribution is -0.115. The Kier molecular flexibility index (Phi) is 6.23. The molecule has 1 aromatic rings. The molecule has 1 aliphatic carbocycles. The monoisotopic (exact) mass is 285 g/mol. The number of anilines is 1. The highest BCUT2D eigenvalue weighted by atomic mass is 16.1. The van der Waals surface area contributed by atoms with Gasteiger partial charge >= 0.3 is 0 Å². The summed E-state index contributed by atoms with van der Waals surface area (Å²) in [5.41, 5.74) is 1.24. The maximum Gasteiger partial charge on any atom is 0.238 e. The molecule has 0 bridgehead atoms. The molecule has 0 atom stereocenters. The van der Waals surface area contributed by atoms with Crippen molar-refractivity contribution in [3.8, 4) is 6.07 Å². The molecule has 1 aliphatic rings. The molecule has 4 heteroatoms. The lowest BCUT2D eigenvalue weighted by atomic mass is 9.97. The second kappa shape index (κ2) is 8.43. The predicted molar refractivity (Wildman–Crippen MR) is 83.9 cm³/mol. The van der Waals surface area contributed by atoms with E-state index in [1.165, 1.54) is 32.1 Å². The topological polar surface area (TPSA) is 64.9 Å². The average Bonchev–Trinajstić information content (AvgIpc) is 2.46. The van der Waals surface area contributed by atoms with E-state index in [2.05, 4.69) is 16.7 Å². The fraction of sp³-hybridized carbons (Fsp3) is 0.529. The maximum absolute atomic E-state index is 12.0. The van der Waals surface area contributed by atoms with Gasteiger partial charge in [-0.15, -0.1) is 0 Å². The van der Waals surface area contributed by atoms with E-state index in [9.17, 15) is 4.79 Å². The van der Waals surface area contributed by atoms with Crippen molar-refractivity contribution in [2.24, 2.45) is 0 Å². The van der Waals surface area contributed by atoms with Gasteiger partial charge in [0.05, 0.1) is 18.2 Å². The molecule has 1 saturated carbocycles. The molecule has 0 spiro atoms. The summed E-state index contributed by atoms with van der Waals surface area (Å²) in [4.78, 5) is 12.0. The molecule has 2 N–H and O–H groups in total. The molecular formula is C17H23N3O. The first-order chi connectivity index (χ1) is 10.3. The molecule has 112 valence electrons. The second-order valence-electron chi connectivity index (χ2n) is 5.66. The molecule has 1 fully saturated rings. The summed E-state index contributed by atoms with van der Waals surface area (Å²) in [5.74, 6) is -0.0489. The van der Waals surface area contributed by atoms with Crippen LogP contribution in [0.2, 0.25) is 0 Å². The van der Waals surface area contributed by atoms with Crippen molar-refractivity contribution in [2.75, 3.05) is 11.9 Å². The molecule has 4 nitrogen and oxygen atoms in total. The Balaban J connectivity index is 1.77. The molecule has 0 unspecified atom stereocenters. The number of rotatable bonds is 4. The van der Waals surface area contributed by atoms with Gasteiger partial charge in [-0.1, -0.05) is 38.2 Å². The van der Waals surface area contributed by atoms with Crippen molar-refractivity contribution in [3.63, 3.8) is 0 Å². The van der Waals surface area contributed by atoms with Crippen LogP contribution in [0.25, 0.3) is 0 Å². The highest BCUT2D eigenvalue weighted by molar-refractivity contribution is 5.92. The molecule has 1 amide bonds. The fourth-order valence-corrected chi connectivity index (χ4v) is 2.77. The van der Waals surface area contributed by atoms with Crippen LogP contribution in [-0.2, 0) is 4.79 Å².